The predicted molar refractivity (Wildman–Crippen MR) is 59.7 cm³/mol. The highest BCUT2D eigenvalue weighted by molar-refractivity contribution is 5.87. The molecule has 1 atom stereocenters. The Bertz CT molecular complexity index is 341. The Balaban J connectivity index is 4.15. The normalized spacial score (nSPS) is 11.4. The van der Waals surface area contributed by atoms with Crippen LogP contribution in [0.25, 0.3) is 0 Å². The van der Waals surface area contributed by atoms with Crippen molar-refractivity contribution >= 4 is 23.8 Å². The van der Waals surface area contributed by atoms with Gasteiger partial charge in [-0.2, -0.15) is 0 Å². The Morgan fingerprint density at radius 3 is 2.00 bits per heavy atom. The van der Waals surface area contributed by atoms with E-state index < -0.39 is 23.9 Å². The van der Waals surface area contributed by atoms with E-state index in [9.17, 15) is 19.2 Å². The molecule has 8 heteroatoms. The van der Waals surface area contributed by atoms with Crippen LogP contribution in [0.3, 0.4) is 0 Å². The summed E-state index contributed by atoms with van der Waals surface area (Å²) in [6, 6.07) is -1.25. The third-order valence-electron chi connectivity index (χ3n) is 2.14. The van der Waals surface area contributed by atoms with Gasteiger partial charge in [0.15, 0.2) is 0 Å². The summed E-state index contributed by atoms with van der Waals surface area (Å²) in [4.78, 5) is 43.2. The molecular weight excluding hydrogens is 244 g/mol. The van der Waals surface area contributed by atoms with Crippen molar-refractivity contribution in [3.05, 3.63) is 0 Å². The molecular formula is C10H16N2O6. The van der Waals surface area contributed by atoms with Crippen molar-refractivity contribution in [2.45, 2.75) is 31.7 Å². The zero-order chi connectivity index (χ0) is 14.1. The highest BCUT2D eigenvalue weighted by atomic mass is 16.4. The van der Waals surface area contributed by atoms with Crippen LogP contribution in [-0.2, 0) is 19.2 Å². The van der Waals surface area contributed by atoms with Crippen LogP contribution in [0.5, 0.6) is 0 Å². The van der Waals surface area contributed by atoms with Crippen LogP contribution in [0.4, 0.5) is 0 Å². The molecule has 0 bridgehead atoms. The molecule has 0 spiro atoms. The van der Waals surface area contributed by atoms with E-state index in [0.717, 1.165) is 0 Å². The van der Waals surface area contributed by atoms with Crippen LogP contribution in [0.2, 0.25) is 0 Å². The van der Waals surface area contributed by atoms with E-state index in [1.54, 1.807) is 0 Å². The Labute approximate surface area is 103 Å². The topological polar surface area (TPSA) is 133 Å². The molecule has 0 heterocycles. The second-order valence-corrected chi connectivity index (χ2v) is 3.56. The summed E-state index contributed by atoms with van der Waals surface area (Å²) in [5.74, 6) is -3.37. The van der Waals surface area contributed by atoms with Crippen LogP contribution < -0.4 is 10.6 Å². The van der Waals surface area contributed by atoms with Gasteiger partial charge in [0.25, 0.3) is 0 Å². The molecule has 0 aliphatic heterocycles. The lowest BCUT2D eigenvalue weighted by atomic mass is 10.1. The molecule has 0 rings (SSSR count). The van der Waals surface area contributed by atoms with Gasteiger partial charge in [0, 0.05) is 26.3 Å². The summed E-state index contributed by atoms with van der Waals surface area (Å²) < 4.78 is 0. The number of nitrogens with one attached hydrogen (secondary N) is 2. The molecule has 0 aromatic heterocycles. The largest absolute Gasteiger partial charge is 0.481 e. The number of hydrogen-bond donors (Lipinski definition) is 4. The van der Waals surface area contributed by atoms with Gasteiger partial charge in [-0.05, 0) is 6.42 Å². The Morgan fingerprint density at radius 1 is 1.00 bits per heavy atom. The molecule has 1 unspecified atom stereocenters. The first-order valence-electron chi connectivity index (χ1n) is 5.31. The minimum absolute atomic E-state index is 0.0480. The fourth-order valence-electron chi connectivity index (χ4n) is 1.14. The first-order chi connectivity index (χ1) is 8.36. The minimum Gasteiger partial charge on any atom is -0.481 e. The molecule has 0 saturated heterocycles. The van der Waals surface area contributed by atoms with Crippen molar-refractivity contribution in [1.82, 2.24) is 10.6 Å². The maximum Gasteiger partial charge on any atom is 0.326 e. The van der Waals surface area contributed by atoms with Gasteiger partial charge in [-0.15, -0.1) is 0 Å². The average molecular weight is 260 g/mol. The zero-order valence-electron chi connectivity index (χ0n) is 9.93. The number of carboxylic acids is 2. The van der Waals surface area contributed by atoms with Crippen LogP contribution in [0.15, 0.2) is 0 Å². The van der Waals surface area contributed by atoms with Gasteiger partial charge in [0.1, 0.15) is 6.04 Å². The van der Waals surface area contributed by atoms with Gasteiger partial charge >= 0.3 is 11.9 Å². The molecule has 0 fully saturated rings. The van der Waals surface area contributed by atoms with E-state index in [-0.39, 0.29) is 31.6 Å². The van der Waals surface area contributed by atoms with Crippen LogP contribution in [0.1, 0.15) is 25.7 Å². The van der Waals surface area contributed by atoms with E-state index in [1.807, 2.05) is 0 Å². The lowest BCUT2D eigenvalue weighted by Gasteiger charge is -2.13. The van der Waals surface area contributed by atoms with Gasteiger partial charge in [-0.3, -0.25) is 14.4 Å². The fraction of sp³-hybridized carbons (Fsp3) is 0.600. The highest BCUT2D eigenvalue weighted by Gasteiger charge is 2.20. The molecule has 18 heavy (non-hydrogen) atoms. The van der Waals surface area contributed by atoms with Gasteiger partial charge < -0.3 is 20.8 Å². The lowest BCUT2D eigenvalue weighted by molar-refractivity contribution is -0.143. The minimum atomic E-state index is -1.30. The molecule has 0 aromatic carbocycles. The second-order valence-electron chi connectivity index (χ2n) is 3.56. The smallest absolute Gasteiger partial charge is 0.326 e. The van der Waals surface area contributed by atoms with Crippen molar-refractivity contribution in [2.24, 2.45) is 0 Å². The van der Waals surface area contributed by atoms with Gasteiger partial charge in [0.05, 0.1) is 0 Å². The van der Waals surface area contributed by atoms with Crippen LogP contribution in [-0.4, -0.2) is 47.1 Å². The summed E-state index contributed by atoms with van der Waals surface area (Å²) in [5.41, 5.74) is 0. The molecule has 0 saturated carbocycles. The Kier molecular flexibility index (Phi) is 7.10. The number of amides is 2. The maximum atomic E-state index is 11.3. The monoisotopic (exact) mass is 260 g/mol. The zero-order valence-corrected chi connectivity index (χ0v) is 9.93. The number of carbonyl (C=O) groups is 4. The third-order valence-corrected chi connectivity index (χ3v) is 2.14. The Morgan fingerprint density at radius 2 is 1.56 bits per heavy atom. The summed E-state index contributed by atoms with van der Waals surface area (Å²) >= 11 is 0. The number of carbonyl (C=O) groups excluding carboxylic acids is 2. The first-order valence-corrected chi connectivity index (χ1v) is 5.31. The SMILES string of the molecule is CNC(=O)CCC(=O)NC(CCC(=O)O)C(=O)O. The van der Waals surface area contributed by atoms with E-state index in [4.69, 9.17) is 10.2 Å². The van der Waals surface area contributed by atoms with Gasteiger partial charge in [0.2, 0.25) is 11.8 Å². The van der Waals surface area contributed by atoms with Crippen molar-refractivity contribution in [3.63, 3.8) is 0 Å². The van der Waals surface area contributed by atoms with Crippen LogP contribution in [0, 0.1) is 0 Å². The van der Waals surface area contributed by atoms with E-state index in [0.29, 0.717) is 0 Å². The second kappa shape index (κ2) is 8.04. The molecule has 0 radical (unpaired) electrons. The first kappa shape index (κ1) is 15.9. The number of carboxylic acid groups (broad SMARTS) is 2. The van der Waals surface area contributed by atoms with Gasteiger partial charge in [-0.1, -0.05) is 0 Å². The van der Waals surface area contributed by atoms with Crippen molar-refractivity contribution in [1.29, 1.82) is 0 Å². The van der Waals surface area contributed by atoms with E-state index in [1.165, 1.54) is 7.05 Å². The summed E-state index contributed by atoms with van der Waals surface area (Å²) in [7, 11) is 1.42. The third kappa shape index (κ3) is 7.20. The van der Waals surface area contributed by atoms with Crippen molar-refractivity contribution < 1.29 is 29.4 Å². The predicted octanol–water partition coefficient (Wildman–Crippen LogP) is -1.05. The molecule has 8 nitrogen and oxygen atoms in total. The highest BCUT2D eigenvalue weighted by Crippen LogP contribution is 1.99. The van der Waals surface area contributed by atoms with Crippen LogP contribution >= 0.6 is 0 Å². The summed E-state index contributed by atoms with van der Waals surface area (Å²) in [6.07, 6.45) is -0.743. The van der Waals surface area contributed by atoms with Gasteiger partial charge in [-0.25, -0.2) is 4.79 Å². The number of aliphatic carboxylic acids is 2. The lowest BCUT2D eigenvalue weighted by Crippen LogP contribution is -2.41. The molecule has 102 valence electrons. The summed E-state index contributed by atoms with van der Waals surface area (Å²) in [5, 5.41) is 21.7. The molecule has 4 N–H and O–H groups in total. The molecule has 0 aromatic rings. The molecule has 0 aliphatic rings. The van der Waals surface area contributed by atoms with E-state index >= 15 is 0 Å². The standard InChI is InChI=1S/C10H16N2O6/c1-11-7(13)3-4-8(14)12-6(10(17)18)2-5-9(15)16/h6H,2-5H2,1H3,(H,11,13)(H,12,14)(H,15,16)(H,17,18). The molecule has 2 amide bonds. The number of rotatable bonds is 8. The molecule has 0 aliphatic carbocycles. The van der Waals surface area contributed by atoms with E-state index in [2.05, 4.69) is 10.6 Å². The Hall–Kier alpha value is -2.12. The summed E-state index contributed by atoms with van der Waals surface area (Å²) in [6.45, 7) is 0. The number of hydrogen-bond acceptors (Lipinski definition) is 4. The fourth-order valence-corrected chi connectivity index (χ4v) is 1.14. The quantitative estimate of drug-likeness (QED) is 0.440. The van der Waals surface area contributed by atoms with Crippen molar-refractivity contribution in [3.8, 4) is 0 Å². The average Bonchev–Trinajstić information content (AvgIpc) is 2.30. The van der Waals surface area contributed by atoms with Crippen molar-refractivity contribution in [2.75, 3.05) is 7.05 Å². The maximum absolute atomic E-state index is 11.3.